The normalized spacial score (nSPS) is 12.5. The summed E-state index contributed by atoms with van der Waals surface area (Å²) in [6, 6.07) is 6.03. The number of ether oxygens (including phenoxy) is 1. The van der Waals surface area contributed by atoms with Crippen molar-refractivity contribution in [1.29, 1.82) is 0 Å². The molecule has 0 fully saturated rings. The molecule has 2 aromatic heterocycles. The van der Waals surface area contributed by atoms with Crippen molar-refractivity contribution in [3.63, 3.8) is 0 Å². The Hall–Kier alpha value is -3.27. The highest BCUT2D eigenvalue weighted by atomic mass is 35.5. The van der Waals surface area contributed by atoms with Gasteiger partial charge >= 0.3 is 6.36 Å². The van der Waals surface area contributed by atoms with Gasteiger partial charge in [0, 0.05) is 30.3 Å². The molecule has 3 rings (SSSR count). The van der Waals surface area contributed by atoms with Gasteiger partial charge in [0.2, 0.25) is 0 Å². The fourth-order valence-corrected chi connectivity index (χ4v) is 3.06. The number of rotatable bonds is 6. The van der Waals surface area contributed by atoms with E-state index < -0.39 is 47.4 Å². The van der Waals surface area contributed by atoms with Crippen LogP contribution in [0, 0.1) is 11.6 Å². The Morgan fingerprint density at radius 2 is 1.90 bits per heavy atom. The molecule has 0 saturated heterocycles. The van der Waals surface area contributed by atoms with Gasteiger partial charge < -0.3 is 9.72 Å². The van der Waals surface area contributed by atoms with Crippen molar-refractivity contribution in [3.8, 4) is 5.75 Å². The van der Waals surface area contributed by atoms with E-state index in [1.807, 2.05) is 0 Å². The molecule has 0 radical (unpaired) electrons. The number of hydrogen-bond acceptors (Lipinski definition) is 4. The van der Waals surface area contributed by atoms with Crippen molar-refractivity contribution < 1.29 is 31.5 Å². The highest BCUT2D eigenvalue weighted by molar-refractivity contribution is 6.30. The van der Waals surface area contributed by atoms with Crippen molar-refractivity contribution in [2.45, 2.75) is 18.7 Å². The minimum atomic E-state index is -5.10. The summed E-state index contributed by atoms with van der Waals surface area (Å²) in [7, 11) is 0. The number of Topliss-reactive ketones (excluding diaryl/α,β-unsaturated/α-hetero) is 1. The number of carbonyl (C=O) groups excluding carboxylic acids is 1. The minimum absolute atomic E-state index is 0.00318. The van der Waals surface area contributed by atoms with Gasteiger partial charge in [-0.05, 0) is 35.9 Å². The molecule has 1 aromatic carbocycles. The topological polar surface area (TPSA) is 72.0 Å². The number of halogens is 6. The number of aromatic amines is 1. The lowest BCUT2D eigenvalue weighted by Gasteiger charge is -2.18. The van der Waals surface area contributed by atoms with E-state index >= 15 is 0 Å². The summed E-state index contributed by atoms with van der Waals surface area (Å²) in [5.41, 5.74) is -0.833. The van der Waals surface area contributed by atoms with Crippen LogP contribution in [0.15, 0.2) is 53.6 Å². The van der Waals surface area contributed by atoms with Gasteiger partial charge in [-0.3, -0.25) is 14.6 Å². The molecule has 5 nitrogen and oxygen atoms in total. The van der Waals surface area contributed by atoms with Crippen LogP contribution < -0.4 is 10.3 Å². The van der Waals surface area contributed by atoms with Crippen LogP contribution in [-0.2, 0) is 0 Å². The van der Waals surface area contributed by atoms with Crippen molar-refractivity contribution in [3.05, 3.63) is 92.6 Å². The number of aromatic nitrogens is 2. The zero-order valence-electron chi connectivity index (χ0n) is 15.3. The standard InChI is InChI=1S/C20H12ClF5N2O3/c21-13-6-11(9-28-19(13)30)16(29)8-12(18-14(22)2-1-5-27-18)10-3-4-17(15(23)7-10)31-20(24,25)26/h1-7,9,12H,8H2,(H,28,30)/t12-/m0/s1. The largest absolute Gasteiger partial charge is 0.573 e. The number of hydrogen-bond donors (Lipinski definition) is 1. The molecule has 2 heterocycles. The van der Waals surface area contributed by atoms with Crippen molar-refractivity contribution in [2.24, 2.45) is 0 Å². The van der Waals surface area contributed by atoms with Gasteiger partial charge in [-0.25, -0.2) is 8.78 Å². The predicted octanol–water partition coefficient (Wildman–Crippen LogP) is 5.01. The van der Waals surface area contributed by atoms with Crippen LogP contribution in [-0.4, -0.2) is 22.1 Å². The Morgan fingerprint density at radius 1 is 1.16 bits per heavy atom. The van der Waals surface area contributed by atoms with E-state index in [0.717, 1.165) is 30.5 Å². The molecule has 1 N–H and O–H groups in total. The minimum Gasteiger partial charge on any atom is -0.403 e. The quantitative estimate of drug-likeness (QED) is 0.416. The zero-order chi connectivity index (χ0) is 22.8. The first-order chi connectivity index (χ1) is 14.5. The highest BCUT2D eigenvalue weighted by Crippen LogP contribution is 2.33. The molecule has 162 valence electrons. The fraction of sp³-hybridized carbons (Fsp3) is 0.150. The second-order valence-corrected chi connectivity index (χ2v) is 6.76. The van der Waals surface area contributed by atoms with Crippen molar-refractivity contribution in [1.82, 2.24) is 9.97 Å². The van der Waals surface area contributed by atoms with E-state index in [0.29, 0.717) is 6.07 Å². The highest BCUT2D eigenvalue weighted by Gasteiger charge is 2.33. The first-order valence-electron chi connectivity index (χ1n) is 8.62. The molecule has 0 aliphatic carbocycles. The smallest absolute Gasteiger partial charge is 0.403 e. The third-order valence-electron chi connectivity index (χ3n) is 4.27. The third kappa shape index (κ3) is 5.46. The van der Waals surface area contributed by atoms with Crippen molar-refractivity contribution >= 4 is 17.4 Å². The Morgan fingerprint density at radius 3 is 2.52 bits per heavy atom. The van der Waals surface area contributed by atoms with Crippen LogP contribution in [0.25, 0.3) is 0 Å². The van der Waals surface area contributed by atoms with Gasteiger partial charge in [0.1, 0.15) is 10.8 Å². The average molecular weight is 459 g/mol. The zero-order valence-corrected chi connectivity index (χ0v) is 16.1. The van der Waals surface area contributed by atoms with Crippen LogP contribution in [0.5, 0.6) is 5.75 Å². The Kier molecular flexibility index (Phi) is 6.40. The summed E-state index contributed by atoms with van der Waals surface area (Å²) in [6.45, 7) is 0. The van der Waals surface area contributed by atoms with E-state index in [2.05, 4.69) is 14.7 Å². The van der Waals surface area contributed by atoms with Gasteiger partial charge in [-0.1, -0.05) is 17.7 Å². The monoisotopic (exact) mass is 458 g/mol. The van der Waals surface area contributed by atoms with Gasteiger partial charge in [-0.15, -0.1) is 13.2 Å². The van der Waals surface area contributed by atoms with Crippen LogP contribution >= 0.6 is 11.6 Å². The number of nitrogens with one attached hydrogen (secondary N) is 1. The van der Waals surface area contributed by atoms with E-state index in [-0.39, 0.29) is 21.8 Å². The summed E-state index contributed by atoms with van der Waals surface area (Å²) >= 11 is 5.72. The molecule has 11 heteroatoms. The first-order valence-corrected chi connectivity index (χ1v) is 9.00. The maximum absolute atomic E-state index is 14.4. The fourth-order valence-electron chi connectivity index (χ4n) is 2.89. The molecule has 1 atom stereocenters. The van der Waals surface area contributed by atoms with Gasteiger partial charge in [0.15, 0.2) is 17.3 Å². The molecule has 0 amide bonds. The molecule has 3 aromatic rings. The van der Waals surface area contributed by atoms with E-state index in [4.69, 9.17) is 11.6 Å². The molecule has 0 aliphatic rings. The van der Waals surface area contributed by atoms with Crippen LogP contribution in [0.2, 0.25) is 5.02 Å². The maximum atomic E-state index is 14.4. The van der Waals surface area contributed by atoms with Gasteiger partial charge in [-0.2, -0.15) is 0 Å². The van der Waals surface area contributed by atoms with Crippen LogP contribution in [0.3, 0.4) is 0 Å². The average Bonchev–Trinajstić information content (AvgIpc) is 2.69. The number of H-pyrrole nitrogens is 1. The summed E-state index contributed by atoms with van der Waals surface area (Å²) in [5.74, 6) is -4.96. The lowest BCUT2D eigenvalue weighted by molar-refractivity contribution is -0.275. The SMILES string of the molecule is O=C(C[C@@H](c1ccc(OC(F)(F)F)c(F)c1)c1ncccc1F)c1c[nH]c(=O)c(Cl)c1. The molecule has 31 heavy (non-hydrogen) atoms. The van der Waals surface area contributed by atoms with Crippen molar-refractivity contribution in [2.75, 3.05) is 0 Å². The van der Waals surface area contributed by atoms with E-state index in [1.54, 1.807) is 0 Å². The second-order valence-electron chi connectivity index (χ2n) is 6.35. The van der Waals surface area contributed by atoms with Gasteiger partial charge in [0.25, 0.3) is 5.56 Å². The lowest BCUT2D eigenvalue weighted by Crippen LogP contribution is -2.18. The van der Waals surface area contributed by atoms with Gasteiger partial charge in [0.05, 0.1) is 5.69 Å². The number of ketones is 1. The maximum Gasteiger partial charge on any atom is 0.573 e. The summed E-state index contributed by atoms with van der Waals surface area (Å²) in [6.07, 6.45) is -3.17. The van der Waals surface area contributed by atoms with E-state index in [1.165, 1.54) is 12.3 Å². The summed E-state index contributed by atoms with van der Waals surface area (Å²) < 4.78 is 69.4. The van der Waals surface area contributed by atoms with Crippen LogP contribution in [0.4, 0.5) is 22.0 Å². The van der Waals surface area contributed by atoms with E-state index in [9.17, 15) is 31.5 Å². The number of carbonyl (C=O) groups is 1. The third-order valence-corrected chi connectivity index (χ3v) is 4.55. The predicted molar refractivity (Wildman–Crippen MR) is 100 cm³/mol. The number of alkyl halides is 3. The Balaban J connectivity index is 2.00. The molecule has 0 unspecified atom stereocenters. The molecule has 0 saturated carbocycles. The Labute approximate surface area is 176 Å². The summed E-state index contributed by atoms with van der Waals surface area (Å²) in [4.78, 5) is 30.3. The molecule has 0 bridgehead atoms. The first kappa shape index (κ1) is 22.4. The lowest BCUT2D eigenvalue weighted by atomic mass is 9.88. The summed E-state index contributed by atoms with van der Waals surface area (Å²) in [5, 5.41) is -0.244. The molecular weight excluding hydrogens is 447 g/mol. The second kappa shape index (κ2) is 8.84. The molecular formula is C20H12ClF5N2O3. The number of benzene rings is 1. The number of pyridine rings is 2. The Bertz CT molecular complexity index is 1180. The molecule has 0 aliphatic heterocycles. The van der Waals surface area contributed by atoms with Crippen LogP contribution in [0.1, 0.15) is 34.0 Å². The number of nitrogens with zero attached hydrogens (tertiary/aromatic N) is 1. The molecule has 0 spiro atoms.